The topological polar surface area (TPSA) is 29.3 Å². The standard InChI is InChI=1S/C15H20F4N2.ClH/c1-13(2,20)9-21-7-6-14(16,10-21)11-4-3-5-12(8-11)15(17,18)19;/h3-5,8H,6-7,9-10,20H2,1-2H3;1H. The normalized spacial score (nSPS) is 23.4. The highest BCUT2D eigenvalue weighted by atomic mass is 35.5. The second-order valence-corrected chi connectivity index (χ2v) is 6.49. The van der Waals surface area contributed by atoms with Crippen molar-refractivity contribution in [2.24, 2.45) is 5.73 Å². The third-order valence-electron chi connectivity index (χ3n) is 3.64. The van der Waals surface area contributed by atoms with E-state index >= 15 is 0 Å². The van der Waals surface area contributed by atoms with Crippen LogP contribution in [0, 0.1) is 0 Å². The molecule has 1 aromatic carbocycles. The van der Waals surface area contributed by atoms with Gasteiger partial charge < -0.3 is 5.73 Å². The van der Waals surface area contributed by atoms with Gasteiger partial charge in [0.15, 0.2) is 0 Å². The van der Waals surface area contributed by atoms with Crippen LogP contribution in [0.15, 0.2) is 24.3 Å². The first-order chi connectivity index (χ1) is 9.50. The minimum atomic E-state index is -4.45. The monoisotopic (exact) mass is 340 g/mol. The zero-order chi connectivity index (χ0) is 15.9. The average Bonchev–Trinajstić information content (AvgIpc) is 2.69. The van der Waals surface area contributed by atoms with Gasteiger partial charge in [0.25, 0.3) is 0 Å². The highest BCUT2D eigenvalue weighted by Gasteiger charge is 2.42. The summed E-state index contributed by atoms with van der Waals surface area (Å²) in [5, 5.41) is 0. The van der Waals surface area contributed by atoms with Gasteiger partial charge in [-0.1, -0.05) is 12.1 Å². The van der Waals surface area contributed by atoms with E-state index in [1.165, 1.54) is 12.1 Å². The number of hydrogen-bond donors (Lipinski definition) is 1. The first-order valence-electron chi connectivity index (χ1n) is 6.88. The summed E-state index contributed by atoms with van der Waals surface area (Å²) < 4.78 is 53.2. The lowest BCUT2D eigenvalue weighted by atomic mass is 9.93. The van der Waals surface area contributed by atoms with E-state index in [0.717, 1.165) is 12.1 Å². The Bertz CT molecular complexity index is 513. The van der Waals surface area contributed by atoms with Gasteiger partial charge in [-0.2, -0.15) is 13.2 Å². The summed E-state index contributed by atoms with van der Waals surface area (Å²) in [5.41, 5.74) is 2.99. The molecule has 0 aromatic heterocycles. The molecule has 1 aromatic rings. The Labute approximate surface area is 134 Å². The van der Waals surface area contributed by atoms with Crippen LogP contribution in [-0.2, 0) is 11.8 Å². The first-order valence-corrected chi connectivity index (χ1v) is 6.88. The molecule has 2 rings (SSSR count). The number of nitrogens with two attached hydrogens (primary N) is 1. The maximum atomic E-state index is 15.0. The largest absolute Gasteiger partial charge is 0.416 e. The van der Waals surface area contributed by atoms with Crippen LogP contribution in [0.1, 0.15) is 31.4 Å². The van der Waals surface area contributed by atoms with Crippen LogP contribution in [0.4, 0.5) is 17.6 Å². The van der Waals surface area contributed by atoms with Crippen molar-refractivity contribution in [3.8, 4) is 0 Å². The summed E-state index contributed by atoms with van der Waals surface area (Å²) in [6.45, 7) is 4.77. The Morgan fingerprint density at radius 3 is 2.45 bits per heavy atom. The van der Waals surface area contributed by atoms with E-state index < -0.39 is 22.9 Å². The molecule has 126 valence electrons. The van der Waals surface area contributed by atoms with Crippen LogP contribution in [0.25, 0.3) is 0 Å². The van der Waals surface area contributed by atoms with Gasteiger partial charge >= 0.3 is 6.18 Å². The van der Waals surface area contributed by atoms with E-state index in [4.69, 9.17) is 5.73 Å². The van der Waals surface area contributed by atoms with Gasteiger partial charge in [-0.3, -0.25) is 4.90 Å². The summed E-state index contributed by atoms with van der Waals surface area (Å²) in [7, 11) is 0. The second kappa shape index (κ2) is 6.34. The summed E-state index contributed by atoms with van der Waals surface area (Å²) >= 11 is 0. The van der Waals surface area contributed by atoms with Gasteiger partial charge in [0, 0.05) is 25.2 Å². The van der Waals surface area contributed by atoms with E-state index in [1.807, 2.05) is 18.7 Å². The molecular formula is C15H21ClF4N2. The van der Waals surface area contributed by atoms with E-state index in [-0.39, 0.29) is 30.9 Å². The Morgan fingerprint density at radius 2 is 1.91 bits per heavy atom. The zero-order valence-corrected chi connectivity index (χ0v) is 13.4. The van der Waals surface area contributed by atoms with Crippen molar-refractivity contribution in [3.05, 3.63) is 35.4 Å². The van der Waals surface area contributed by atoms with Crippen molar-refractivity contribution in [1.29, 1.82) is 0 Å². The smallest absolute Gasteiger partial charge is 0.324 e. The number of likely N-dealkylation sites (tertiary alicyclic amines) is 1. The van der Waals surface area contributed by atoms with Crippen LogP contribution in [-0.4, -0.2) is 30.1 Å². The molecule has 7 heteroatoms. The minimum Gasteiger partial charge on any atom is -0.324 e. The molecule has 0 spiro atoms. The third-order valence-corrected chi connectivity index (χ3v) is 3.64. The van der Waals surface area contributed by atoms with Crippen molar-refractivity contribution < 1.29 is 17.6 Å². The summed E-state index contributed by atoms with van der Waals surface area (Å²) in [5.74, 6) is 0. The van der Waals surface area contributed by atoms with Crippen molar-refractivity contribution in [2.45, 2.75) is 37.7 Å². The van der Waals surface area contributed by atoms with Crippen molar-refractivity contribution in [3.63, 3.8) is 0 Å². The fourth-order valence-corrected chi connectivity index (χ4v) is 2.77. The molecule has 2 nitrogen and oxygen atoms in total. The summed E-state index contributed by atoms with van der Waals surface area (Å²) in [4.78, 5) is 1.86. The summed E-state index contributed by atoms with van der Waals surface area (Å²) in [6, 6.07) is 4.56. The fraction of sp³-hybridized carbons (Fsp3) is 0.600. The number of halogens is 5. The van der Waals surface area contributed by atoms with E-state index in [1.54, 1.807) is 0 Å². The molecule has 1 saturated heterocycles. The molecule has 1 fully saturated rings. The van der Waals surface area contributed by atoms with Gasteiger partial charge in [-0.05, 0) is 38.0 Å². The molecule has 1 atom stereocenters. The molecule has 0 amide bonds. The second-order valence-electron chi connectivity index (χ2n) is 6.49. The number of nitrogens with zero attached hydrogens (tertiary/aromatic N) is 1. The number of benzene rings is 1. The molecular weight excluding hydrogens is 320 g/mol. The lowest BCUT2D eigenvalue weighted by Gasteiger charge is -2.27. The Kier molecular flexibility index (Phi) is 5.53. The van der Waals surface area contributed by atoms with Crippen LogP contribution in [0.3, 0.4) is 0 Å². The lowest BCUT2D eigenvalue weighted by molar-refractivity contribution is -0.137. The van der Waals surface area contributed by atoms with Gasteiger partial charge in [0.05, 0.1) is 5.56 Å². The molecule has 0 aliphatic carbocycles. The van der Waals surface area contributed by atoms with Crippen LogP contribution < -0.4 is 5.73 Å². The first kappa shape index (κ1) is 19.2. The molecule has 1 aliphatic rings. The molecule has 0 bridgehead atoms. The van der Waals surface area contributed by atoms with E-state index in [9.17, 15) is 17.6 Å². The van der Waals surface area contributed by atoms with Crippen LogP contribution in [0.5, 0.6) is 0 Å². The maximum Gasteiger partial charge on any atom is 0.416 e. The lowest BCUT2D eigenvalue weighted by Crippen LogP contribution is -2.45. The molecule has 1 aliphatic heterocycles. The Hall–Kier alpha value is -0.850. The molecule has 1 heterocycles. The molecule has 0 saturated carbocycles. The predicted octanol–water partition coefficient (Wildman–Crippen LogP) is 3.74. The quantitative estimate of drug-likeness (QED) is 0.849. The van der Waals surface area contributed by atoms with Crippen LogP contribution >= 0.6 is 12.4 Å². The number of alkyl halides is 4. The SMILES string of the molecule is CC(C)(N)CN1CCC(F)(c2cccc(C(F)(F)F)c2)C1.Cl. The minimum absolute atomic E-state index is 0. The fourth-order valence-electron chi connectivity index (χ4n) is 2.77. The molecule has 1 unspecified atom stereocenters. The molecule has 2 N–H and O–H groups in total. The molecule has 0 radical (unpaired) electrons. The van der Waals surface area contributed by atoms with Crippen molar-refractivity contribution in [1.82, 2.24) is 4.90 Å². The van der Waals surface area contributed by atoms with Crippen molar-refractivity contribution in [2.75, 3.05) is 19.6 Å². The average molecular weight is 341 g/mol. The third kappa shape index (κ3) is 4.57. The van der Waals surface area contributed by atoms with E-state index in [0.29, 0.717) is 13.1 Å². The zero-order valence-electron chi connectivity index (χ0n) is 12.6. The van der Waals surface area contributed by atoms with E-state index in [2.05, 4.69) is 0 Å². The van der Waals surface area contributed by atoms with Crippen molar-refractivity contribution >= 4 is 12.4 Å². The van der Waals surface area contributed by atoms with Crippen LogP contribution in [0.2, 0.25) is 0 Å². The number of hydrogen-bond acceptors (Lipinski definition) is 2. The van der Waals surface area contributed by atoms with Gasteiger partial charge in [-0.15, -0.1) is 12.4 Å². The molecule has 22 heavy (non-hydrogen) atoms. The highest BCUT2D eigenvalue weighted by Crippen LogP contribution is 2.39. The Balaban J connectivity index is 0.00000242. The predicted molar refractivity (Wildman–Crippen MR) is 80.8 cm³/mol. The van der Waals surface area contributed by atoms with Gasteiger partial charge in [0.1, 0.15) is 5.67 Å². The summed E-state index contributed by atoms with van der Waals surface area (Å²) in [6.07, 6.45) is -4.27. The van der Waals surface area contributed by atoms with Gasteiger partial charge in [0.2, 0.25) is 0 Å². The Morgan fingerprint density at radius 1 is 1.27 bits per heavy atom. The van der Waals surface area contributed by atoms with Gasteiger partial charge in [-0.25, -0.2) is 4.39 Å². The number of rotatable bonds is 3. The maximum absolute atomic E-state index is 15.0. The highest BCUT2D eigenvalue weighted by molar-refractivity contribution is 5.85.